The van der Waals surface area contributed by atoms with E-state index in [2.05, 4.69) is 12.6 Å². The number of hydrogen-bond donors (Lipinski definition) is 1. The summed E-state index contributed by atoms with van der Waals surface area (Å²) in [5.41, 5.74) is -0.963. The van der Waals surface area contributed by atoms with Gasteiger partial charge in [0.05, 0.1) is 23.8 Å². The Morgan fingerprint density at radius 1 is 1.35 bits per heavy atom. The van der Waals surface area contributed by atoms with Crippen LogP contribution in [0.25, 0.3) is 0 Å². The highest BCUT2D eigenvalue weighted by atomic mass is 32.1. The Hall–Kier alpha value is -1.35. The average Bonchev–Trinajstić information content (AvgIpc) is 2.28. The molecule has 92 valence electrons. The van der Waals surface area contributed by atoms with Gasteiger partial charge in [-0.3, -0.25) is 0 Å². The van der Waals surface area contributed by atoms with E-state index in [9.17, 15) is 13.2 Å². The lowest BCUT2D eigenvalue weighted by Crippen LogP contribution is -2.10. The van der Waals surface area contributed by atoms with E-state index < -0.39 is 11.7 Å². The Morgan fingerprint density at radius 3 is 2.59 bits per heavy atom. The van der Waals surface area contributed by atoms with Crippen molar-refractivity contribution in [2.24, 2.45) is 0 Å². The van der Waals surface area contributed by atoms with Crippen molar-refractivity contribution >= 4 is 12.6 Å². The van der Waals surface area contributed by atoms with Gasteiger partial charge in [0.2, 0.25) is 0 Å². The number of benzene rings is 1. The molecule has 0 aliphatic carbocycles. The monoisotopic (exact) mass is 261 g/mol. The van der Waals surface area contributed by atoms with E-state index in [0.29, 0.717) is 12.2 Å². The number of hydrogen-bond acceptors (Lipinski definition) is 3. The third-order valence-corrected chi connectivity index (χ3v) is 2.29. The van der Waals surface area contributed by atoms with Crippen molar-refractivity contribution in [3.63, 3.8) is 0 Å². The summed E-state index contributed by atoms with van der Waals surface area (Å²) in [6.07, 6.45) is -3.97. The summed E-state index contributed by atoms with van der Waals surface area (Å²) in [6.45, 7) is 0.165. The Morgan fingerprint density at radius 2 is 2.06 bits per heavy atom. The van der Waals surface area contributed by atoms with E-state index in [1.54, 1.807) is 6.07 Å². The molecule has 0 saturated carbocycles. The fraction of sp³-hybridized carbons (Fsp3) is 0.364. The molecule has 0 fully saturated rings. The van der Waals surface area contributed by atoms with E-state index in [0.717, 1.165) is 6.07 Å². The molecule has 0 amide bonds. The first-order valence-corrected chi connectivity index (χ1v) is 5.47. The van der Waals surface area contributed by atoms with Gasteiger partial charge in [-0.15, -0.1) is 0 Å². The molecule has 6 heteroatoms. The van der Waals surface area contributed by atoms with Gasteiger partial charge in [0.1, 0.15) is 5.75 Å². The maximum atomic E-state index is 12.7. The third kappa shape index (κ3) is 3.86. The second-order valence-electron chi connectivity index (χ2n) is 3.25. The lowest BCUT2D eigenvalue weighted by Gasteiger charge is -2.13. The van der Waals surface area contributed by atoms with Gasteiger partial charge in [-0.05, 0) is 30.4 Å². The molecule has 0 atom stereocenters. The van der Waals surface area contributed by atoms with Gasteiger partial charge in [0.25, 0.3) is 0 Å². The lowest BCUT2D eigenvalue weighted by molar-refractivity contribution is -0.139. The quantitative estimate of drug-likeness (QED) is 0.666. The Balaban J connectivity index is 3.00. The number of thiol groups is 1. The number of halogens is 3. The maximum absolute atomic E-state index is 12.7. The van der Waals surface area contributed by atoms with Crippen LogP contribution in [0.5, 0.6) is 5.75 Å². The molecular weight excluding hydrogens is 251 g/mol. The van der Waals surface area contributed by atoms with Crippen LogP contribution in [0.3, 0.4) is 0 Å². The van der Waals surface area contributed by atoms with Crippen molar-refractivity contribution in [2.45, 2.75) is 12.6 Å². The fourth-order valence-electron chi connectivity index (χ4n) is 1.19. The van der Waals surface area contributed by atoms with Crippen LogP contribution in [0.15, 0.2) is 18.2 Å². The molecule has 17 heavy (non-hydrogen) atoms. The highest BCUT2D eigenvalue weighted by Gasteiger charge is 2.34. The second kappa shape index (κ2) is 5.82. The van der Waals surface area contributed by atoms with Crippen molar-refractivity contribution in [2.75, 3.05) is 12.4 Å². The largest absolute Gasteiger partial charge is 0.493 e. The third-order valence-electron chi connectivity index (χ3n) is 1.97. The molecule has 2 nitrogen and oxygen atoms in total. The molecule has 0 aromatic heterocycles. The first-order chi connectivity index (χ1) is 7.99. The Bertz CT molecular complexity index is 426. The van der Waals surface area contributed by atoms with E-state index >= 15 is 0 Å². The van der Waals surface area contributed by atoms with Crippen molar-refractivity contribution in [1.29, 1.82) is 5.26 Å². The molecule has 0 heterocycles. The van der Waals surface area contributed by atoms with Gasteiger partial charge in [0, 0.05) is 0 Å². The summed E-state index contributed by atoms with van der Waals surface area (Å²) in [5.74, 6) is 0.288. The zero-order valence-electron chi connectivity index (χ0n) is 8.79. The van der Waals surface area contributed by atoms with Gasteiger partial charge in [-0.25, -0.2) is 0 Å². The molecule has 0 N–H and O–H groups in total. The lowest BCUT2D eigenvalue weighted by atomic mass is 10.1. The number of nitrogens with zero attached hydrogens (tertiary/aromatic N) is 1. The summed E-state index contributed by atoms with van der Waals surface area (Å²) in [6, 6.07) is 4.92. The first-order valence-electron chi connectivity index (χ1n) is 4.84. The van der Waals surface area contributed by atoms with Crippen molar-refractivity contribution in [3.8, 4) is 11.8 Å². The normalized spacial score (nSPS) is 11.0. The zero-order chi connectivity index (χ0) is 12.9. The first kappa shape index (κ1) is 13.7. The molecule has 0 bridgehead atoms. The SMILES string of the molecule is N#Cc1ccc(OCCCS)c(C(F)(F)F)c1. The minimum absolute atomic E-state index is 0.0427. The van der Waals surface area contributed by atoms with E-state index in [1.807, 2.05) is 0 Å². The maximum Gasteiger partial charge on any atom is 0.420 e. The topological polar surface area (TPSA) is 33.0 Å². The number of nitriles is 1. The molecular formula is C11H10F3NOS. The van der Waals surface area contributed by atoms with Crippen LogP contribution >= 0.6 is 12.6 Å². The fourth-order valence-corrected chi connectivity index (χ4v) is 1.32. The molecule has 0 spiro atoms. The Labute approximate surface area is 102 Å². The molecule has 0 unspecified atom stereocenters. The molecule has 1 rings (SSSR count). The summed E-state index contributed by atoms with van der Waals surface area (Å²) in [5, 5.41) is 8.56. The summed E-state index contributed by atoms with van der Waals surface area (Å²) in [7, 11) is 0. The van der Waals surface area contributed by atoms with E-state index in [4.69, 9.17) is 10.00 Å². The van der Waals surface area contributed by atoms with Gasteiger partial charge in [-0.2, -0.15) is 31.1 Å². The predicted octanol–water partition coefficient (Wildman–Crippen LogP) is 3.28. The van der Waals surface area contributed by atoms with Crippen LogP contribution in [0.1, 0.15) is 17.5 Å². The van der Waals surface area contributed by atoms with Crippen LogP contribution in [0.4, 0.5) is 13.2 Å². The number of rotatable bonds is 4. The highest BCUT2D eigenvalue weighted by Crippen LogP contribution is 2.36. The van der Waals surface area contributed by atoms with Crippen molar-refractivity contribution in [3.05, 3.63) is 29.3 Å². The van der Waals surface area contributed by atoms with Crippen LogP contribution < -0.4 is 4.74 Å². The molecule has 1 aromatic rings. The van der Waals surface area contributed by atoms with Gasteiger partial charge < -0.3 is 4.74 Å². The summed E-state index contributed by atoms with van der Waals surface area (Å²) >= 11 is 3.94. The summed E-state index contributed by atoms with van der Waals surface area (Å²) in [4.78, 5) is 0. The molecule has 1 aromatic carbocycles. The highest BCUT2D eigenvalue weighted by molar-refractivity contribution is 7.80. The van der Waals surface area contributed by atoms with Crippen LogP contribution in [0, 0.1) is 11.3 Å². The van der Waals surface area contributed by atoms with Crippen molar-refractivity contribution < 1.29 is 17.9 Å². The van der Waals surface area contributed by atoms with E-state index in [-0.39, 0.29) is 17.9 Å². The van der Waals surface area contributed by atoms with Crippen LogP contribution in [-0.2, 0) is 6.18 Å². The number of alkyl halides is 3. The Kier molecular flexibility index (Phi) is 4.70. The number of ether oxygens (including phenoxy) is 1. The minimum Gasteiger partial charge on any atom is -0.493 e. The van der Waals surface area contributed by atoms with E-state index in [1.165, 1.54) is 12.1 Å². The standard InChI is InChI=1S/C11H10F3NOS/c12-11(13,14)9-6-8(7-15)2-3-10(9)16-4-1-5-17/h2-3,6,17H,1,4-5H2. The van der Waals surface area contributed by atoms with Gasteiger partial charge in [0.15, 0.2) is 0 Å². The van der Waals surface area contributed by atoms with Gasteiger partial charge in [-0.1, -0.05) is 0 Å². The van der Waals surface area contributed by atoms with Crippen LogP contribution in [0.2, 0.25) is 0 Å². The summed E-state index contributed by atoms with van der Waals surface area (Å²) < 4.78 is 43.0. The second-order valence-corrected chi connectivity index (χ2v) is 3.69. The zero-order valence-corrected chi connectivity index (χ0v) is 9.68. The minimum atomic E-state index is -4.52. The van der Waals surface area contributed by atoms with Crippen molar-refractivity contribution in [1.82, 2.24) is 0 Å². The average molecular weight is 261 g/mol. The predicted molar refractivity (Wildman–Crippen MR) is 60.1 cm³/mol. The van der Waals surface area contributed by atoms with Crippen LogP contribution in [-0.4, -0.2) is 12.4 Å². The van der Waals surface area contributed by atoms with Gasteiger partial charge >= 0.3 is 6.18 Å². The smallest absolute Gasteiger partial charge is 0.420 e. The molecule has 0 saturated heterocycles. The molecule has 0 aliphatic heterocycles. The molecule has 0 aliphatic rings. The molecule has 0 radical (unpaired) electrons.